The summed E-state index contributed by atoms with van der Waals surface area (Å²) >= 11 is 6.12. The lowest BCUT2D eigenvalue weighted by Crippen LogP contribution is -2.12. The van der Waals surface area contributed by atoms with Crippen LogP contribution >= 0.6 is 11.6 Å². The highest BCUT2D eigenvalue weighted by atomic mass is 35.5. The van der Waals surface area contributed by atoms with Crippen molar-refractivity contribution in [3.63, 3.8) is 0 Å². The maximum absolute atomic E-state index is 6.12. The molecule has 0 saturated heterocycles. The van der Waals surface area contributed by atoms with Crippen LogP contribution in [0, 0.1) is 13.8 Å². The van der Waals surface area contributed by atoms with E-state index < -0.39 is 0 Å². The summed E-state index contributed by atoms with van der Waals surface area (Å²) in [6, 6.07) is 7.98. The molecular weight excluding hydrogens is 272 g/mol. The van der Waals surface area contributed by atoms with Gasteiger partial charge in [-0.2, -0.15) is 4.98 Å². The predicted molar refractivity (Wildman–Crippen MR) is 85.0 cm³/mol. The fourth-order valence-electron chi connectivity index (χ4n) is 1.86. The summed E-state index contributed by atoms with van der Waals surface area (Å²) in [5.74, 6) is 1.38. The Hall–Kier alpha value is -1.81. The molecule has 0 unspecified atom stereocenters. The van der Waals surface area contributed by atoms with Crippen LogP contribution in [0.3, 0.4) is 0 Å². The Morgan fingerprint density at radius 3 is 2.60 bits per heavy atom. The maximum Gasteiger partial charge on any atom is 0.229 e. The zero-order valence-electron chi connectivity index (χ0n) is 12.2. The molecule has 2 N–H and O–H groups in total. The number of aromatic nitrogens is 2. The SMILES string of the molecule is Cc1cc(NC(C)C)nc(Nc2cccc(Cl)c2C)n1. The molecule has 0 aliphatic carbocycles. The molecule has 0 spiro atoms. The van der Waals surface area contributed by atoms with E-state index in [4.69, 9.17) is 11.6 Å². The standard InChI is InChI=1S/C15H19ClN4/c1-9(2)17-14-8-10(3)18-15(20-14)19-13-7-5-6-12(16)11(13)4/h5-9H,1-4H3,(H2,17,18,19,20). The topological polar surface area (TPSA) is 49.8 Å². The third kappa shape index (κ3) is 3.61. The number of hydrogen-bond acceptors (Lipinski definition) is 4. The lowest BCUT2D eigenvalue weighted by atomic mass is 10.2. The van der Waals surface area contributed by atoms with Gasteiger partial charge in [0.05, 0.1) is 0 Å². The molecule has 0 atom stereocenters. The van der Waals surface area contributed by atoms with Crippen LogP contribution < -0.4 is 10.6 Å². The van der Waals surface area contributed by atoms with Gasteiger partial charge in [0.25, 0.3) is 0 Å². The van der Waals surface area contributed by atoms with E-state index in [1.165, 1.54) is 0 Å². The van der Waals surface area contributed by atoms with Gasteiger partial charge in [0.1, 0.15) is 5.82 Å². The largest absolute Gasteiger partial charge is 0.368 e. The van der Waals surface area contributed by atoms with E-state index in [1.807, 2.05) is 38.1 Å². The summed E-state index contributed by atoms with van der Waals surface area (Å²) in [7, 11) is 0. The second-order valence-corrected chi connectivity index (χ2v) is 5.46. The number of hydrogen-bond donors (Lipinski definition) is 2. The van der Waals surface area contributed by atoms with Crippen LogP contribution in [0.15, 0.2) is 24.3 Å². The third-order valence-electron chi connectivity index (χ3n) is 2.80. The lowest BCUT2D eigenvalue weighted by Gasteiger charge is -2.13. The van der Waals surface area contributed by atoms with Crippen LogP contribution in [-0.2, 0) is 0 Å². The molecule has 20 heavy (non-hydrogen) atoms. The van der Waals surface area contributed by atoms with Gasteiger partial charge in [0, 0.05) is 28.5 Å². The van der Waals surface area contributed by atoms with Crippen LogP contribution in [-0.4, -0.2) is 16.0 Å². The first-order chi connectivity index (χ1) is 9.45. The lowest BCUT2D eigenvalue weighted by molar-refractivity contribution is 0.885. The smallest absolute Gasteiger partial charge is 0.229 e. The highest BCUT2D eigenvalue weighted by Gasteiger charge is 2.07. The molecule has 1 aromatic carbocycles. The second kappa shape index (κ2) is 6.09. The van der Waals surface area contributed by atoms with Gasteiger partial charge in [-0.05, 0) is 45.4 Å². The quantitative estimate of drug-likeness (QED) is 0.881. The summed E-state index contributed by atoms with van der Waals surface area (Å²) in [6.07, 6.45) is 0. The normalized spacial score (nSPS) is 10.7. The molecule has 106 valence electrons. The minimum Gasteiger partial charge on any atom is -0.368 e. The first-order valence-corrected chi connectivity index (χ1v) is 6.98. The molecular formula is C15H19ClN4. The summed E-state index contributed by atoms with van der Waals surface area (Å²) < 4.78 is 0. The van der Waals surface area contributed by atoms with Crippen LogP contribution in [0.25, 0.3) is 0 Å². The van der Waals surface area contributed by atoms with Crippen molar-refractivity contribution in [2.45, 2.75) is 33.7 Å². The van der Waals surface area contributed by atoms with Crippen molar-refractivity contribution < 1.29 is 0 Å². The summed E-state index contributed by atoms with van der Waals surface area (Å²) in [5.41, 5.74) is 2.81. The van der Waals surface area contributed by atoms with Crippen molar-refractivity contribution in [2.24, 2.45) is 0 Å². The highest BCUT2D eigenvalue weighted by Crippen LogP contribution is 2.25. The number of benzene rings is 1. The van der Waals surface area contributed by atoms with E-state index >= 15 is 0 Å². The molecule has 1 aromatic heterocycles. The molecule has 0 aliphatic heterocycles. The number of rotatable bonds is 4. The van der Waals surface area contributed by atoms with Gasteiger partial charge in [0.2, 0.25) is 5.95 Å². The van der Waals surface area contributed by atoms with Gasteiger partial charge in [-0.15, -0.1) is 0 Å². The van der Waals surface area contributed by atoms with E-state index in [1.54, 1.807) is 0 Å². The molecule has 0 amide bonds. The molecule has 0 saturated carbocycles. The molecule has 0 radical (unpaired) electrons. The molecule has 0 bridgehead atoms. The Bertz CT molecular complexity index is 611. The Morgan fingerprint density at radius 2 is 1.90 bits per heavy atom. The average molecular weight is 291 g/mol. The van der Waals surface area contributed by atoms with Crippen molar-refractivity contribution in [2.75, 3.05) is 10.6 Å². The van der Waals surface area contributed by atoms with E-state index in [9.17, 15) is 0 Å². The van der Waals surface area contributed by atoms with Crippen LogP contribution in [0.1, 0.15) is 25.1 Å². The van der Waals surface area contributed by atoms with Crippen molar-refractivity contribution in [1.29, 1.82) is 0 Å². The second-order valence-electron chi connectivity index (χ2n) is 5.05. The van der Waals surface area contributed by atoms with E-state index in [-0.39, 0.29) is 0 Å². The molecule has 5 heteroatoms. The van der Waals surface area contributed by atoms with E-state index in [0.717, 1.165) is 27.8 Å². The maximum atomic E-state index is 6.12. The van der Waals surface area contributed by atoms with Gasteiger partial charge >= 0.3 is 0 Å². The zero-order valence-corrected chi connectivity index (χ0v) is 12.9. The summed E-state index contributed by atoms with van der Waals surface area (Å²) in [4.78, 5) is 8.87. The highest BCUT2D eigenvalue weighted by molar-refractivity contribution is 6.31. The number of nitrogens with one attached hydrogen (secondary N) is 2. The van der Waals surface area contributed by atoms with Crippen molar-refractivity contribution in [3.05, 3.63) is 40.5 Å². The number of aryl methyl sites for hydroxylation is 1. The Kier molecular flexibility index (Phi) is 4.45. The van der Waals surface area contributed by atoms with E-state index in [2.05, 4.69) is 34.4 Å². The van der Waals surface area contributed by atoms with Gasteiger partial charge in [-0.25, -0.2) is 4.98 Å². The van der Waals surface area contributed by atoms with Crippen LogP contribution in [0.4, 0.5) is 17.5 Å². The monoisotopic (exact) mass is 290 g/mol. The third-order valence-corrected chi connectivity index (χ3v) is 3.21. The number of nitrogens with zero attached hydrogens (tertiary/aromatic N) is 2. The van der Waals surface area contributed by atoms with Crippen LogP contribution in [0.5, 0.6) is 0 Å². The minimum absolute atomic E-state index is 0.324. The fraction of sp³-hybridized carbons (Fsp3) is 0.333. The van der Waals surface area contributed by atoms with Gasteiger partial charge in [-0.1, -0.05) is 17.7 Å². The first kappa shape index (κ1) is 14.6. The van der Waals surface area contributed by atoms with Crippen LogP contribution in [0.2, 0.25) is 5.02 Å². The summed E-state index contributed by atoms with van der Waals surface area (Å²) in [5, 5.41) is 7.23. The van der Waals surface area contributed by atoms with Crippen molar-refractivity contribution in [3.8, 4) is 0 Å². The zero-order chi connectivity index (χ0) is 14.7. The Balaban J connectivity index is 2.29. The van der Waals surface area contributed by atoms with Gasteiger partial charge in [0.15, 0.2) is 0 Å². The molecule has 0 fully saturated rings. The molecule has 1 heterocycles. The van der Waals surface area contributed by atoms with Gasteiger partial charge in [-0.3, -0.25) is 0 Å². The minimum atomic E-state index is 0.324. The molecule has 2 rings (SSSR count). The number of anilines is 3. The first-order valence-electron chi connectivity index (χ1n) is 6.60. The number of halogens is 1. The Labute approximate surface area is 124 Å². The molecule has 4 nitrogen and oxygen atoms in total. The van der Waals surface area contributed by atoms with Crippen molar-refractivity contribution >= 4 is 29.1 Å². The van der Waals surface area contributed by atoms with E-state index in [0.29, 0.717) is 12.0 Å². The summed E-state index contributed by atoms with van der Waals surface area (Å²) in [6.45, 7) is 8.06. The van der Waals surface area contributed by atoms with Crippen molar-refractivity contribution in [1.82, 2.24) is 9.97 Å². The Morgan fingerprint density at radius 1 is 1.15 bits per heavy atom. The predicted octanol–water partition coefficient (Wildman–Crippen LogP) is 4.31. The fourth-order valence-corrected chi connectivity index (χ4v) is 2.03. The van der Waals surface area contributed by atoms with Gasteiger partial charge < -0.3 is 10.6 Å². The average Bonchev–Trinajstić information content (AvgIpc) is 2.33. The molecule has 0 aliphatic rings. The molecule has 2 aromatic rings.